The van der Waals surface area contributed by atoms with Crippen molar-refractivity contribution in [2.24, 2.45) is 5.92 Å². The fraction of sp³-hybridized carbons (Fsp3) is 0.462. The Bertz CT molecular complexity index is 433. The van der Waals surface area contributed by atoms with Crippen molar-refractivity contribution in [2.75, 3.05) is 6.54 Å². The van der Waals surface area contributed by atoms with E-state index in [0.29, 0.717) is 5.92 Å². The van der Waals surface area contributed by atoms with Crippen molar-refractivity contribution < 1.29 is 0 Å². The summed E-state index contributed by atoms with van der Waals surface area (Å²) in [6.07, 6.45) is 3.91. The molecule has 2 heterocycles. The van der Waals surface area contributed by atoms with Crippen LogP contribution < -0.4 is 5.32 Å². The zero-order valence-electron chi connectivity index (χ0n) is 10.4. The maximum absolute atomic E-state index is 4.23. The average Bonchev–Trinajstić information content (AvgIpc) is 2.92. The first kappa shape index (κ1) is 12.3. The van der Waals surface area contributed by atoms with E-state index in [1.165, 1.54) is 4.88 Å². The second kappa shape index (κ2) is 5.98. The summed E-state index contributed by atoms with van der Waals surface area (Å²) in [6.45, 7) is 7.36. The van der Waals surface area contributed by atoms with Crippen molar-refractivity contribution in [1.29, 1.82) is 0 Å². The van der Waals surface area contributed by atoms with Crippen molar-refractivity contribution in [3.05, 3.63) is 40.6 Å². The molecule has 0 aliphatic rings. The van der Waals surface area contributed by atoms with E-state index in [-0.39, 0.29) is 0 Å². The maximum Gasteiger partial charge on any atom is 0.105 e. The normalized spacial score (nSPS) is 12.8. The summed E-state index contributed by atoms with van der Waals surface area (Å²) >= 11 is 1.80. The van der Waals surface area contributed by atoms with Crippen molar-refractivity contribution in [1.82, 2.24) is 14.9 Å². The van der Waals surface area contributed by atoms with Crippen LogP contribution in [0.2, 0.25) is 0 Å². The van der Waals surface area contributed by atoms with Gasteiger partial charge in [-0.05, 0) is 30.8 Å². The molecule has 0 aliphatic carbocycles. The topological polar surface area (TPSA) is 29.9 Å². The van der Waals surface area contributed by atoms with Gasteiger partial charge in [0.05, 0.1) is 0 Å². The standard InChI is InChI=1S/C13H19N3S/c1-11(10-16-6-5-15-12(16)2)8-14-9-13-4-3-7-17-13/h3-7,11,14H,8-10H2,1-2H3. The predicted molar refractivity (Wildman–Crippen MR) is 72.2 cm³/mol. The minimum Gasteiger partial charge on any atom is -0.335 e. The van der Waals surface area contributed by atoms with Crippen LogP contribution in [-0.2, 0) is 13.1 Å². The average molecular weight is 249 g/mol. The van der Waals surface area contributed by atoms with Crippen molar-refractivity contribution in [3.8, 4) is 0 Å². The van der Waals surface area contributed by atoms with Gasteiger partial charge in [-0.15, -0.1) is 11.3 Å². The number of nitrogens with zero attached hydrogens (tertiary/aromatic N) is 2. The van der Waals surface area contributed by atoms with Crippen molar-refractivity contribution >= 4 is 11.3 Å². The number of imidazole rings is 1. The molecule has 2 aromatic heterocycles. The minimum atomic E-state index is 0.614. The molecule has 1 N–H and O–H groups in total. The molecular formula is C13H19N3S. The van der Waals surface area contributed by atoms with Gasteiger partial charge in [0.1, 0.15) is 5.82 Å². The van der Waals surface area contributed by atoms with E-state index in [0.717, 1.165) is 25.5 Å². The molecule has 0 saturated heterocycles. The van der Waals surface area contributed by atoms with Gasteiger partial charge in [0, 0.05) is 30.4 Å². The lowest BCUT2D eigenvalue weighted by Gasteiger charge is -2.14. The molecule has 0 saturated carbocycles. The highest BCUT2D eigenvalue weighted by Gasteiger charge is 2.04. The SMILES string of the molecule is Cc1nccn1CC(C)CNCc1cccs1. The van der Waals surface area contributed by atoms with Crippen LogP contribution in [0.15, 0.2) is 29.9 Å². The van der Waals surface area contributed by atoms with Gasteiger partial charge in [0.25, 0.3) is 0 Å². The smallest absolute Gasteiger partial charge is 0.105 e. The quantitative estimate of drug-likeness (QED) is 0.853. The molecule has 0 radical (unpaired) electrons. The van der Waals surface area contributed by atoms with Gasteiger partial charge >= 0.3 is 0 Å². The van der Waals surface area contributed by atoms with E-state index in [9.17, 15) is 0 Å². The van der Waals surface area contributed by atoms with Gasteiger partial charge in [0.15, 0.2) is 0 Å². The Labute approximate surface area is 107 Å². The summed E-state index contributed by atoms with van der Waals surface area (Å²) in [5.74, 6) is 1.71. The van der Waals surface area contributed by atoms with Gasteiger partial charge in [-0.2, -0.15) is 0 Å². The zero-order valence-corrected chi connectivity index (χ0v) is 11.2. The molecule has 0 bridgehead atoms. The van der Waals surface area contributed by atoms with Gasteiger partial charge in [-0.3, -0.25) is 0 Å². The van der Waals surface area contributed by atoms with Crippen LogP contribution in [0.5, 0.6) is 0 Å². The number of rotatable bonds is 6. The summed E-state index contributed by atoms with van der Waals surface area (Å²) in [5.41, 5.74) is 0. The molecule has 2 rings (SSSR count). The lowest BCUT2D eigenvalue weighted by molar-refractivity contribution is 0.441. The molecule has 4 heteroatoms. The van der Waals surface area contributed by atoms with E-state index in [2.05, 4.69) is 39.3 Å². The third-order valence-electron chi connectivity index (χ3n) is 2.80. The third-order valence-corrected chi connectivity index (χ3v) is 3.68. The Kier molecular flexibility index (Phi) is 4.34. The highest BCUT2D eigenvalue weighted by Crippen LogP contribution is 2.08. The zero-order chi connectivity index (χ0) is 12.1. The molecule has 92 valence electrons. The number of aryl methyl sites for hydroxylation is 1. The van der Waals surface area contributed by atoms with Crippen LogP contribution in [0.4, 0.5) is 0 Å². The number of hydrogen-bond donors (Lipinski definition) is 1. The largest absolute Gasteiger partial charge is 0.335 e. The first-order chi connectivity index (χ1) is 8.25. The summed E-state index contributed by atoms with van der Waals surface area (Å²) in [7, 11) is 0. The van der Waals surface area contributed by atoms with Crippen LogP contribution in [0, 0.1) is 12.8 Å². The number of nitrogens with one attached hydrogen (secondary N) is 1. The fourth-order valence-corrected chi connectivity index (χ4v) is 2.53. The van der Waals surface area contributed by atoms with E-state index in [1.807, 2.05) is 19.3 Å². The van der Waals surface area contributed by atoms with Crippen LogP contribution in [0.25, 0.3) is 0 Å². The minimum absolute atomic E-state index is 0.614. The first-order valence-electron chi connectivity index (χ1n) is 5.96. The molecule has 17 heavy (non-hydrogen) atoms. The van der Waals surface area contributed by atoms with Crippen molar-refractivity contribution in [2.45, 2.75) is 26.9 Å². The Balaban J connectivity index is 1.71. The molecule has 1 unspecified atom stereocenters. The molecular weight excluding hydrogens is 230 g/mol. The Hall–Kier alpha value is -1.13. The summed E-state index contributed by atoms with van der Waals surface area (Å²) in [5, 5.41) is 5.62. The summed E-state index contributed by atoms with van der Waals surface area (Å²) in [6, 6.07) is 4.27. The number of hydrogen-bond acceptors (Lipinski definition) is 3. The maximum atomic E-state index is 4.23. The Morgan fingerprint density at radius 2 is 2.41 bits per heavy atom. The molecule has 1 atom stereocenters. The summed E-state index contributed by atoms with van der Waals surface area (Å²) in [4.78, 5) is 5.63. The second-order valence-electron chi connectivity index (χ2n) is 4.44. The number of thiophene rings is 1. The van der Waals surface area contributed by atoms with E-state index >= 15 is 0 Å². The molecule has 0 amide bonds. The van der Waals surface area contributed by atoms with E-state index < -0.39 is 0 Å². The van der Waals surface area contributed by atoms with Crippen LogP contribution in [0.3, 0.4) is 0 Å². The van der Waals surface area contributed by atoms with Crippen LogP contribution in [0.1, 0.15) is 17.6 Å². The summed E-state index contributed by atoms with van der Waals surface area (Å²) < 4.78 is 2.21. The van der Waals surface area contributed by atoms with Crippen LogP contribution in [-0.4, -0.2) is 16.1 Å². The molecule has 0 fully saturated rings. The van der Waals surface area contributed by atoms with Crippen LogP contribution >= 0.6 is 11.3 Å². The predicted octanol–water partition coefficient (Wildman–Crippen LogP) is 2.68. The second-order valence-corrected chi connectivity index (χ2v) is 5.47. The molecule has 0 aliphatic heterocycles. The Morgan fingerprint density at radius 3 is 3.06 bits per heavy atom. The highest BCUT2D eigenvalue weighted by atomic mass is 32.1. The molecule has 3 nitrogen and oxygen atoms in total. The first-order valence-corrected chi connectivity index (χ1v) is 6.84. The molecule has 2 aromatic rings. The van der Waals surface area contributed by atoms with Gasteiger partial charge in [-0.1, -0.05) is 13.0 Å². The lowest BCUT2D eigenvalue weighted by atomic mass is 10.2. The number of aromatic nitrogens is 2. The van der Waals surface area contributed by atoms with Gasteiger partial charge in [-0.25, -0.2) is 4.98 Å². The lowest BCUT2D eigenvalue weighted by Crippen LogP contribution is -2.23. The highest BCUT2D eigenvalue weighted by molar-refractivity contribution is 7.09. The fourth-order valence-electron chi connectivity index (χ4n) is 1.85. The monoisotopic (exact) mass is 249 g/mol. The molecule has 0 aromatic carbocycles. The van der Waals surface area contributed by atoms with Crippen molar-refractivity contribution in [3.63, 3.8) is 0 Å². The third kappa shape index (κ3) is 3.68. The van der Waals surface area contributed by atoms with E-state index in [1.54, 1.807) is 11.3 Å². The van der Waals surface area contributed by atoms with E-state index in [4.69, 9.17) is 0 Å². The molecule has 0 spiro atoms. The van der Waals surface area contributed by atoms with Gasteiger partial charge in [0.2, 0.25) is 0 Å². The Morgan fingerprint density at radius 1 is 1.53 bits per heavy atom. The van der Waals surface area contributed by atoms with Gasteiger partial charge < -0.3 is 9.88 Å².